The molecule has 8 nitrogen and oxygen atoms in total. The van der Waals surface area contributed by atoms with Gasteiger partial charge in [0.25, 0.3) is 0 Å². The molecule has 4 heterocycles. The van der Waals surface area contributed by atoms with Crippen molar-refractivity contribution in [3.63, 3.8) is 0 Å². The summed E-state index contributed by atoms with van der Waals surface area (Å²) in [7, 11) is 0. The molecule has 1 atom stereocenters. The van der Waals surface area contributed by atoms with Gasteiger partial charge in [0.1, 0.15) is 16.9 Å². The van der Waals surface area contributed by atoms with Gasteiger partial charge in [-0.2, -0.15) is 5.10 Å². The van der Waals surface area contributed by atoms with Gasteiger partial charge < -0.3 is 9.30 Å². The number of hydrogen-bond donors (Lipinski definition) is 0. The van der Waals surface area contributed by atoms with Gasteiger partial charge in [-0.25, -0.2) is 24.0 Å². The number of carbonyl (C=O) groups excluding carboxylic acids is 1. The molecule has 252 valence electrons. The Bertz CT molecular complexity index is 2200. The van der Waals surface area contributed by atoms with E-state index in [2.05, 4.69) is 41.4 Å². The van der Waals surface area contributed by atoms with Crippen molar-refractivity contribution in [2.45, 2.75) is 45.7 Å². The highest BCUT2D eigenvalue weighted by Crippen LogP contribution is 2.44. The first-order valence-corrected chi connectivity index (χ1v) is 16.9. The molecule has 3 aromatic carbocycles. The number of halogens is 2. The van der Waals surface area contributed by atoms with Gasteiger partial charge in [0, 0.05) is 18.6 Å². The van der Waals surface area contributed by atoms with Gasteiger partial charge >= 0.3 is 5.97 Å². The molecule has 0 aliphatic carbocycles. The van der Waals surface area contributed by atoms with Crippen molar-refractivity contribution in [3.05, 3.63) is 143 Å². The number of ether oxygens (including phenoxy) is 1. The van der Waals surface area contributed by atoms with Gasteiger partial charge in [-0.05, 0) is 35.1 Å². The molecular formula is C40H36ClFN6O2. The number of fused-ring (bicyclic) bond motifs is 2. The van der Waals surface area contributed by atoms with E-state index in [1.165, 1.54) is 12.4 Å². The van der Waals surface area contributed by atoms with Gasteiger partial charge in [-0.1, -0.05) is 123 Å². The Labute approximate surface area is 294 Å². The lowest BCUT2D eigenvalue weighted by Crippen LogP contribution is -2.38. The number of aromatic nitrogens is 6. The van der Waals surface area contributed by atoms with Crippen LogP contribution in [0.25, 0.3) is 33.6 Å². The van der Waals surface area contributed by atoms with E-state index in [-0.39, 0.29) is 30.2 Å². The largest absolute Gasteiger partial charge is 0.466 e. The predicted molar refractivity (Wildman–Crippen MR) is 193 cm³/mol. The van der Waals surface area contributed by atoms with Gasteiger partial charge in [-0.15, -0.1) is 0 Å². The summed E-state index contributed by atoms with van der Waals surface area (Å²) >= 11 is 6.60. The van der Waals surface area contributed by atoms with E-state index in [1.807, 2.05) is 80.1 Å². The third kappa shape index (κ3) is 5.71. The van der Waals surface area contributed by atoms with Crippen molar-refractivity contribution in [1.82, 2.24) is 29.3 Å². The molecule has 7 aromatic rings. The predicted octanol–water partition coefficient (Wildman–Crippen LogP) is 9.02. The summed E-state index contributed by atoms with van der Waals surface area (Å²) in [6.07, 6.45) is 4.50. The second-order valence-corrected chi connectivity index (χ2v) is 13.7. The molecular weight excluding hydrogens is 651 g/mol. The Kier molecular flexibility index (Phi) is 8.70. The minimum absolute atomic E-state index is 0.0464. The van der Waals surface area contributed by atoms with Crippen LogP contribution in [0.5, 0.6) is 0 Å². The van der Waals surface area contributed by atoms with Crippen molar-refractivity contribution < 1.29 is 13.9 Å². The lowest BCUT2D eigenvalue weighted by atomic mass is 9.77. The van der Waals surface area contributed by atoms with Crippen LogP contribution in [0.1, 0.15) is 56.8 Å². The molecule has 0 aliphatic rings. The van der Waals surface area contributed by atoms with E-state index >= 15 is 4.39 Å². The molecule has 0 N–H and O–H groups in total. The summed E-state index contributed by atoms with van der Waals surface area (Å²) in [5.74, 6) is -0.592. The van der Waals surface area contributed by atoms with Crippen molar-refractivity contribution >= 4 is 39.6 Å². The summed E-state index contributed by atoms with van der Waals surface area (Å²) in [4.78, 5) is 27.2. The maximum absolute atomic E-state index is 15.5. The zero-order chi connectivity index (χ0) is 35.0. The topological polar surface area (TPSA) is 87.7 Å². The SMILES string of the molecule is CCOC(=O)CC(n1cc(F)c2cnc(-c3nn(C(c4ccccc4)(c4ccccc4)c4ccccc4)c4ncc(Cl)cc34)nc21)C(C)(C)C. The van der Waals surface area contributed by atoms with Crippen LogP contribution in [0, 0.1) is 11.2 Å². The second-order valence-electron chi connectivity index (χ2n) is 13.3. The van der Waals surface area contributed by atoms with Gasteiger partial charge in [-0.3, -0.25) is 4.79 Å². The average Bonchev–Trinajstić information content (AvgIpc) is 3.65. The smallest absolute Gasteiger partial charge is 0.307 e. The Balaban J connectivity index is 1.52. The average molecular weight is 687 g/mol. The number of nitrogens with zero attached hydrogens (tertiary/aromatic N) is 6. The van der Waals surface area contributed by atoms with E-state index in [1.54, 1.807) is 23.8 Å². The minimum Gasteiger partial charge on any atom is -0.466 e. The van der Waals surface area contributed by atoms with Crippen LogP contribution in [0.2, 0.25) is 5.02 Å². The normalized spacial score (nSPS) is 12.8. The first kappa shape index (κ1) is 33.1. The molecule has 0 amide bonds. The molecule has 4 aromatic heterocycles. The molecule has 0 spiro atoms. The monoisotopic (exact) mass is 686 g/mol. The van der Waals surface area contributed by atoms with Crippen LogP contribution in [-0.4, -0.2) is 41.9 Å². The molecule has 1 unspecified atom stereocenters. The molecule has 0 bridgehead atoms. The highest BCUT2D eigenvalue weighted by Gasteiger charge is 2.42. The van der Waals surface area contributed by atoms with Crippen molar-refractivity contribution in [1.29, 1.82) is 0 Å². The summed E-state index contributed by atoms with van der Waals surface area (Å²) in [6.45, 7) is 8.03. The number of esters is 1. The van der Waals surface area contributed by atoms with Crippen LogP contribution in [0.15, 0.2) is 116 Å². The summed E-state index contributed by atoms with van der Waals surface area (Å²) < 4.78 is 24.5. The quantitative estimate of drug-likeness (QED) is 0.111. The molecule has 7 rings (SSSR count). The molecule has 0 saturated heterocycles. The number of benzene rings is 3. The highest BCUT2D eigenvalue weighted by molar-refractivity contribution is 6.31. The molecule has 0 radical (unpaired) electrons. The lowest BCUT2D eigenvalue weighted by molar-refractivity contribution is -0.144. The Hall–Kier alpha value is -5.41. The van der Waals surface area contributed by atoms with Crippen LogP contribution in [0.3, 0.4) is 0 Å². The zero-order valence-corrected chi connectivity index (χ0v) is 29.0. The van der Waals surface area contributed by atoms with E-state index in [0.717, 1.165) is 16.7 Å². The zero-order valence-electron chi connectivity index (χ0n) is 28.2. The maximum atomic E-state index is 15.5. The molecule has 0 saturated carbocycles. The van der Waals surface area contributed by atoms with Crippen molar-refractivity contribution in [2.24, 2.45) is 5.41 Å². The van der Waals surface area contributed by atoms with Crippen LogP contribution in [-0.2, 0) is 15.1 Å². The van der Waals surface area contributed by atoms with Gasteiger partial charge in [0.2, 0.25) is 0 Å². The van der Waals surface area contributed by atoms with E-state index in [4.69, 9.17) is 31.4 Å². The number of hydrogen-bond acceptors (Lipinski definition) is 6. The minimum atomic E-state index is -0.978. The van der Waals surface area contributed by atoms with Crippen LogP contribution < -0.4 is 0 Å². The van der Waals surface area contributed by atoms with Gasteiger partial charge in [0.15, 0.2) is 17.3 Å². The van der Waals surface area contributed by atoms with Gasteiger partial charge in [0.05, 0.1) is 34.9 Å². The lowest BCUT2D eigenvalue weighted by Gasteiger charge is -2.36. The number of rotatable bonds is 9. The third-order valence-corrected chi connectivity index (χ3v) is 9.32. The van der Waals surface area contributed by atoms with E-state index in [0.29, 0.717) is 27.4 Å². The summed E-state index contributed by atoms with van der Waals surface area (Å²) in [5.41, 5.74) is 2.79. The Morgan fingerprint density at radius 2 is 1.42 bits per heavy atom. The maximum Gasteiger partial charge on any atom is 0.307 e. The van der Waals surface area contributed by atoms with Crippen molar-refractivity contribution in [2.75, 3.05) is 6.61 Å². The third-order valence-electron chi connectivity index (χ3n) is 9.12. The fraction of sp³-hybridized carbons (Fsp3) is 0.225. The molecule has 0 aliphatic heterocycles. The highest BCUT2D eigenvalue weighted by atomic mass is 35.5. The first-order chi connectivity index (χ1) is 24.1. The second kappa shape index (κ2) is 13.1. The standard InChI is InChI=1S/C40H36ClFN6O2/c1-5-50-34(49)22-33(39(2,3)4)47-25-32(42)31-24-43-36(45-38(31)47)35-30-21-29(41)23-44-37(30)48(46-35)40(26-15-9-6-10-16-26,27-17-11-7-12-18-27)28-19-13-8-14-20-28/h6-21,23-25,33H,5,22H2,1-4H3. The fourth-order valence-corrected chi connectivity index (χ4v) is 6.98. The number of carbonyl (C=O) groups is 1. The van der Waals surface area contributed by atoms with E-state index < -0.39 is 22.8 Å². The molecule has 10 heteroatoms. The summed E-state index contributed by atoms with van der Waals surface area (Å²) in [6, 6.07) is 31.8. The first-order valence-electron chi connectivity index (χ1n) is 16.5. The molecule has 50 heavy (non-hydrogen) atoms. The Morgan fingerprint density at radius 3 is 1.96 bits per heavy atom. The fourth-order valence-electron chi connectivity index (χ4n) is 6.82. The van der Waals surface area contributed by atoms with Crippen LogP contribution in [0.4, 0.5) is 4.39 Å². The molecule has 0 fully saturated rings. The van der Waals surface area contributed by atoms with E-state index in [9.17, 15) is 4.79 Å². The Morgan fingerprint density at radius 1 is 0.840 bits per heavy atom. The summed E-state index contributed by atoms with van der Waals surface area (Å²) in [5, 5.41) is 6.58. The van der Waals surface area contributed by atoms with Crippen LogP contribution >= 0.6 is 11.6 Å². The number of pyridine rings is 1. The van der Waals surface area contributed by atoms with Crippen molar-refractivity contribution in [3.8, 4) is 11.5 Å².